The maximum absolute atomic E-state index is 12.4. The van der Waals surface area contributed by atoms with Crippen LogP contribution < -0.4 is 10.6 Å². The quantitative estimate of drug-likeness (QED) is 0.805. The Morgan fingerprint density at radius 3 is 2.43 bits per heavy atom. The number of benzene rings is 1. The highest BCUT2D eigenvalue weighted by Gasteiger charge is 2.25. The summed E-state index contributed by atoms with van der Waals surface area (Å²) >= 11 is 1.54. The van der Waals surface area contributed by atoms with Crippen LogP contribution in [-0.4, -0.2) is 23.1 Å². The van der Waals surface area contributed by atoms with Gasteiger partial charge in [0.15, 0.2) is 0 Å². The molecule has 0 aromatic heterocycles. The highest BCUT2D eigenvalue weighted by molar-refractivity contribution is 8.00. The van der Waals surface area contributed by atoms with Crippen molar-refractivity contribution in [2.75, 3.05) is 5.32 Å². The molecule has 4 nitrogen and oxygen atoms in total. The summed E-state index contributed by atoms with van der Waals surface area (Å²) < 4.78 is 0. The van der Waals surface area contributed by atoms with Crippen LogP contribution in [0.1, 0.15) is 46.5 Å². The van der Waals surface area contributed by atoms with E-state index in [-0.39, 0.29) is 17.1 Å². The summed E-state index contributed by atoms with van der Waals surface area (Å²) in [7, 11) is 0. The largest absolute Gasteiger partial charge is 0.352 e. The standard InChI is InChI=1S/C18H26N2O2S/c1-12-6-4-5-7-17(12)20-18(22)13(2)23-16-10-8-15(9-11-16)19-14(3)21/h8-13,17H,4-7H2,1-3H3,(H,19,21)(H,20,22)/t12-,13-,17+/m1/s1. The number of hydrogen-bond acceptors (Lipinski definition) is 3. The third-order valence-corrected chi connectivity index (χ3v) is 5.41. The minimum Gasteiger partial charge on any atom is -0.352 e. The summed E-state index contributed by atoms with van der Waals surface area (Å²) in [5.41, 5.74) is 0.773. The Hall–Kier alpha value is -1.49. The first-order valence-electron chi connectivity index (χ1n) is 8.30. The van der Waals surface area contributed by atoms with Crippen LogP contribution in [0, 0.1) is 5.92 Å². The van der Waals surface area contributed by atoms with Crippen molar-refractivity contribution in [3.63, 3.8) is 0 Å². The smallest absolute Gasteiger partial charge is 0.233 e. The molecule has 1 aliphatic rings. The number of carbonyl (C=O) groups excluding carboxylic acids is 2. The fourth-order valence-corrected chi connectivity index (χ4v) is 3.79. The monoisotopic (exact) mass is 334 g/mol. The SMILES string of the molecule is CC(=O)Nc1ccc(S[C@H](C)C(=O)N[C@H]2CCCC[C@H]2C)cc1. The molecule has 2 N–H and O–H groups in total. The van der Waals surface area contributed by atoms with Crippen molar-refractivity contribution in [2.24, 2.45) is 5.92 Å². The average Bonchev–Trinajstić information content (AvgIpc) is 2.51. The van der Waals surface area contributed by atoms with Crippen LogP contribution in [0.4, 0.5) is 5.69 Å². The van der Waals surface area contributed by atoms with E-state index < -0.39 is 0 Å². The van der Waals surface area contributed by atoms with E-state index in [4.69, 9.17) is 0 Å². The van der Waals surface area contributed by atoms with Crippen molar-refractivity contribution < 1.29 is 9.59 Å². The van der Waals surface area contributed by atoms with Gasteiger partial charge in [-0.15, -0.1) is 11.8 Å². The first-order valence-corrected chi connectivity index (χ1v) is 9.18. The lowest BCUT2D eigenvalue weighted by atomic mass is 9.86. The molecule has 0 radical (unpaired) electrons. The second kappa shape index (κ2) is 8.39. The van der Waals surface area contributed by atoms with Crippen LogP contribution in [0.5, 0.6) is 0 Å². The molecular weight excluding hydrogens is 308 g/mol. The number of carbonyl (C=O) groups is 2. The molecule has 1 aliphatic carbocycles. The zero-order valence-corrected chi connectivity index (χ0v) is 14.9. The van der Waals surface area contributed by atoms with E-state index in [0.29, 0.717) is 12.0 Å². The number of anilines is 1. The highest BCUT2D eigenvalue weighted by atomic mass is 32.2. The zero-order valence-electron chi connectivity index (χ0n) is 14.1. The molecular formula is C18H26N2O2S. The molecule has 2 rings (SSSR count). The van der Waals surface area contributed by atoms with Crippen LogP contribution in [0.15, 0.2) is 29.2 Å². The van der Waals surface area contributed by atoms with E-state index >= 15 is 0 Å². The summed E-state index contributed by atoms with van der Waals surface area (Å²) in [6.07, 6.45) is 4.78. The summed E-state index contributed by atoms with van der Waals surface area (Å²) in [5.74, 6) is 0.598. The number of amides is 2. The molecule has 3 atom stereocenters. The van der Waals surface area contributed by atoms with Gasteiger partial charge in [0.25, 0.3) is 0 Å². The van der Waals surface area contributed by atoms with Gasteiger partial charge in [0.1, 0.15) is 0 Å². The van der Waals surface area contributed by atoms with Gasteiger partial charge in [-0.1, -0.05) is 19.8 Å². The number of rotatable bonds is 5. The molecule has 2 amide bonds. The molecule has 0 unspecified atom stereocenters. The van der Waals surface area contributed by atoms with Gasteiger partial charge in [0.2, 0.25) is 11.8 Å². The number of hydrogen-bond donors (Lipinski definition) is 2. The number of thioether (sulfide) groups is 1. The molecule has 0 saturated heterocycles. The van der Waals surface area contributed by atoms with E-state index in [1.807, 2.05) is 31.2 Å². The van der Waals surface area contributed by atoms with E-state index in [1.165, 1.54) is 26.2 Å². The van der Waals surface area contributed by atoms with Crippen molar-refractivity contribution in [1.82, 2.24) is 5.32 Å². The first kappa shape index (κ1) is 17.9. The van der Waals surface area contributed by atoms with Crippen LogP contribution in [0.2, 0.25) is 0 Å². The van der Waals surface area contributed by atoms with Crippen LogP contribution >= 0.6 is 11.8 Å². The topological polar surface area (TPSA) is 58.2 Å². The fraction of sp³-hybridized carbons (Fsp3) is 0.556. The molecule has 5 heteroatoms. The fourth-order valence-electron chi connectivity index (χ4n) is 2.91. The molecule has 1 fully saturated rings. The van der Waals surface area contributed by atoms with Crippen molar-refractivity contribution in [3.8, 4) is 0 Å². The average molecular weight is 334 g/mol. The molecule has 0 bridgehead atoms. The second-order valence-corrected chi connectivity index (χ2v) is 7.76. The molecule has 1 saturated carbocycles. The predicted octanol–water partition coefficient (Wildman–Crippen LogP) is 3.82. The van der Waals surface area contributed by atoms with Gasteiger partial charge in [-0.3, -0.25) is 9.59 Å². The molecule has 23 heavy (non-hydrogen) atoms. The van der Waals surface area contributed by atoms with E-state index in [9.17, 15) is 9.59 Å². The maximum Gasteiger partial charge on any atom is 0.233 e. The van der Waals surface area contributed by atoms with E-state index in [0.717, 1.165) is 17.0 Å². The van der Waals surface area contributed by atoms with Gasteiger partial charge in [0, 0.05) is 23.5 Å². The Labute approximate surface area is 142 Å². The van der Waals surface area contributed by atoms with Gasteiger partial charge in [0.05, 0.1) is 5.25 Å². The van der Waals surface area contributed by atoms with Gasteiger partial charge in [-0.2, -0.15) is 0 Å². The first-order chi connectivity index (χ1) is 11.0. The predicted molar refractivity (Wildman–Crippen MR) is 95.6 cm³/mol. The Kier molecular flexibility index (Phi) is 6.51. The summed E-state index contributed by atoms with van der Waals surface area (Å²) in [6, 6.07) is 7.91. The minimum atomic E-state index is -0.129. The lowest BCUT2D eigenvalue weighted by Gasteiger charge is -2.30. The molecule has 126 valence electrons. The summed E-state index contributed by atoms with van der Waals surface area (Å²) in [4.78, 5) is 24.4. The normalized spacial score (nSPS) is 22.2. The lowest BCUT2D eigenvalue weighted by Crippen LogP contribution is -2.44. The second-order valence-electron chi connectivity index (χ2n) is 6.34. The third-order valence-electron chi connectivity index (χ3n) is 4.30. The Bertz CT molecular complexity index is 544. The Balaban J connectivity index is 1.86. The Morgan fingerprint density at radius 1 is 1.17 bits per heavy atom. The minimum absolute atomic E-state index is 0.0836. The lowest BCUT2D eigenvalue weighted by molar-refractivity contribution is -0.121. The van der Waals surface area contributed by atoms with Gasteiger partial charge in [-0.05, 0) is 49.9 Å². The van der Waals surface area contributed by atoms with Crippen LogP contribution in [0.3, 0.4) is 0 Å². The molecule has 0 spiro atoms. The summed E-state index contributed by atoms with van der Waals surface area (Å²) in [6.45, 7) is 5.65. The Morgan fingerprint density at radius 2 is 1.83 bits per heavy atom. The van der Waals surface area contributed by atoms with Crippen molar-refractivity contribution in [3.05, 3.63) is 24.3 Å². The van der Waals surface area contributed by atoms with Crippen molar-refractivity contribution >= 4 is 29.3 Å². The maximum atomic E-state index is 12.4. The summed E-state index contributed by atoms with van der Waals surface area (Å²) in [5, 5.41) is 5.82. The number of nitrogens with one attached hydrogen (secondary N) is 2. The molecule has 0 aliphatic heterocycles. The van der Waals surface area contributed by atoms with Crippen molar-refractivity contribution in [2.45, 2.75) is 62.6 Å². The van der Waals surface area contributed by atoms with E-state index in [2.05, 4.69) is 17.6 Å². The zero-order chi connectivity index (χ0) is 16.8. The van der Waals surface area contributed by atoms with Gasteiger partial charge in [-0.25, -0.2) is 0 Å². The molecule has 0 heterocycles. The van der Waals surface area contributed by atoms with Gasteiger partial charge < -0.3 is 10.6 Å². The van der Waals surface area contributed by atoms with E-state index in [1.54, 1.807) is 11.8 Å². The molecule has 1 aromatic carbocycles. The van der Waals surface area contributed by atoms with Gasteiger partial charge >= 0.3 is 0 Å². The van der Waals surface area contributed by atoms with Crippen LogP contribution in [0.25, 0.3) is 0 Å². The van der Waals surface area contributed by atoms with Crippen molar-refractivity contribution in [1.29, 1.82) is 0 Å². The van der Waals surface area contributed by atoms with Crippen LogP contribution in [-0.2, 0) is 9.59 Å². The molecule has 1 aromatic rings. The third kappa shape index (κ3) is 5.57. The highest BCUT2D eigenvalue weighted by Crippen LogP contribution is 2.27.